The van der Waals surface area contributed by atoms with Crippen LogP contribution in [0.2, 0.25) is 0 Å². The van der Waals surface area contributed by atoms with Crippen molar-refractivity contribution in [2.24, 2.45) is 0 Å². The molecule has 7 heteroatoms. The van der Waals surface area contributed by atoms with Gasteiger partial charge in [-0.25, -0.2) is 4.79 Å². The normalized spacial score (nSPS) is 12.0. The molecule has 2 N–H and O–H groups in total. The summed E-state index contributed by atoms with van der Waals surface area (Å²) in [5, 5.41) is 5.59. The molecule has 1 unspecified atom stereocenters. The number of alkyl carbamates (subject to hydrolysis) is 1. The molecule has 0 bridgehead atoms. The van der Waals surface area contributed by atoms with Gasteiger partial charge in [0.05, 0.1) is 0 Å². The van der Waals surface area contributed by atoms with Crippen LogP contribution in [0.25, 0.3) is 0 Å². The number of amides is 3. The number of hydrogen-bond acceptors (Lipinski definition) is 4. The molecule has 36 heavy (non-hydrogen) atoms. The number of rotatable bonds is 10. The SMILES string of the molecule is CCCCCN(C(=O)CNC(=O)OC(C)(C)C)C(C(=O)Nc1ccccc1C)c1cc(C)ccc1C. The predicted molar refractivity (Wildman–Crippen MR) is 144 cm³/mol. The molecule has 0 radical (unpaired) electrons. The fraction of sp³-hybridized carbons (Fsp3) is 0.483. The van der Waals surface area contributed by atoms with Gasteiger partial charge in [-0.05, 0) is 70.7 Å². The van der Waals surface area contributed by atoms with Crippen LogP contribution in [-0.2, 0) is 14.3 Å². The van der Waals surface area contributed by atoms with Gasteiger partial charge in [0.25, 0.3) is 5.91 Å². The Labute approximate surface area is 215 Å². The molecular formula is C29H41N3O4. The van der Waals surface area contributed by atoms with E-state index in [0.717, 1.165) is 41.5 Å². The molecule has 0 aliphatic rings. The molecule has 0 fully saturated rings. The molecule has 2 aromatic carbocycles. The first kappa shape index (κ1) is 28.9. The summed E-state index contributed by atoms with van der Waals surface area (Å²) in [5.41, 5.74) is 3.63. The second-order valence-electron chi connectivity index (χ2n) is 10.2. The standard InChI is InChI=1S/C29H41N3O4/c1-8-9-12-17-32(25(33)19-30-28(35)36-29(5,6)7)26(23-18-20(2)15-16-21(23)3)27(34)31-24-14-11-10-13-22(24)4/h10-11,13-16,18,26H,8-9,12,17,19H2,1-7H3,(H,30,35)(H,31,34). The molecular weight excluding hydrogens is 454 g/mol. The summed E-state index contributed by atoms with van der Waals surface area (Å²) in [6.45, 7) is 13.3. The van der Waals surface area contributed by atoms with Crippen molar-refractivity contribution < 1.29 is 19.1 Å². The first-order valence-corrected chi connectivity index (χ1v) is 12.6. The number of ether oxygens (including phenoxy) is 1. The molecule has 2 aromatic rings. The van der Waals surface area contributed by atoms with Crippen LogP contribution in [0.4, 0.5) is 10.5 Å². The Morgan fingerprint density at radius 1 is 0.972 bits per heavy atom. The summed E-state index contributed by atoms with van der Waals surface area (Å²) in [6, 6.07) is 12.6. The highest BCUT2D eigenvalue weighted by Gasteiger charge is 2.33. The van der Waals surface area contributed by atoms with Gasteiger partial charge in [0.15, 0.2) is 0 Å². The topological polar surface area (TPSA) is 87.7 Å². The van der Waals surface area contributed by atoms with Crippen molar-refractivity contribution in [1.82, 2.24) is 10.2 Å². The Hall–Kier alpha value is -3.35. The zero-order chi connectivity index (χ0) is 26.9. The molecule has 196 valence electrons. The predicted octanol–water partition coefficient (Wildman–Crippen LogP) is 5.84. The van der Waals surface area contributed by atoms with Gasteiger partial charge in [-0.2, -0.15) is 0 Å². The number of nitrogens with one attached hydrogen (secondary N) is 2. The molecule has 0 aromatic heterocycles. The molecule has 0 aliphatic heterocycles. The van der Waals surface area contributed by atoms with E-state index < -0.39 is 17.7 Å². The van der Waals surface area contributed by atoms with Gasteiger partial charge in [0.1, 0.15) is 18.2 Å². The first-order chi connectivity index (χ1) is 16.9. The van der Waals surface area contributed by atoms with E-state index >= 15 is 0 Å². The second kappa shape index (κ2) is 13.1. The summed E-state index contributed by atoms with van der Waals surface area (Å²) >= 11 is 0. The number of carbonyl (C=O) groups excluding carboxylic acids is 3. The fourth-order valence-electron chi connectivity index (χ4n) is 3.91. The molecule has 0 saturated heterocycles. The summed E-state index contributed by atoms with van der Waals surface area (Å²) in [7, 11) is 0. The summed E-state index contributed by atoms with van der Waals surface area (Å²) < 4.78 is 5.29. The number of anilines is 1. The molecule has 3 amide bonds. The van der Waals surface area contributed by atoms with Crippen molar-refractivity contribution in [2.75, 3.05) is 18.4 Å². The molecule has 7 nitrogen and oxygen atoms in total. The number of carbonyl (C=O) groups is 3. The third kappa shape index (κ3) is 8.70. The largest absolute Gasteiger partial charge is 0.444 e. The summed E-state index contributed by atoms with van der Waals surface area (Å²) in [5.74, 6) is -0.636. The lowest BCUT2D eigenvalue weighted by Crippen LogP contribution is -2.47. The Balaban J connectivity index is 2.43. The van der Waals surface area contributed by atoms with Crippen molar-refractivity contribution in [2.45, 2.75) is 79.4 Å². The van der Waals surface area contributed by atoms with E-state index in [4.69, 9.17) is 4.74 Å². The van der Waals surface area contributed by atoms with Gasteiger partial charge in [0.2, 0.25) is 5.91 Å². The maximum atomic E-state index is 13.8. The second-order valence-corrected chi connectivity index (χ2v) is 10.2. The molecule has 0 spiro atoms. The van der Waals surface area contributed by atoms with Gasteiger partial charge in [-0.1, -0.05) is 61.7 Å². The van der Waals surface area contributed by atoms with Crippen molar-refractivity contribution in [1.29, 1.82) is 0 Å². The minimum atomic E-state index is -0.853. The Morgan fingerprint density at radius 3 is 2.31 bits per heavy atom. The number of para-hydroxylation sites is 1. The number of unbranched alkanes of at least 4 members (excludes halogenated alkanes) is 2. The van der Waals surface area contributed by atoms with E-state index in [0.29, 0.717) is 12.2 Å². The Bertz CT molecular complexity index is 1060. The molecule has 0 heterocycles. The van der Waals surface area contributed by atoms with E-state index in [-0.39, 0.29) is 18.4 Å². The van der Waals surface area contributed by atoms with E-state index in [1.165, 1.54) is 0 Å². The van der Waals surface area contributed by atoms with E-state index in [2.05, 4.69) is 17.6 Å². The third-order valence-corrected chi connectivity index (χ3v) is 5.80. The van der Waals surface area contributed by atoms with Crippen molar-refractivity contribution in [3.8, 4) is 0 Å². The lowest BCUT2D eigenvalue weighted by molar-refractivity contribution is -0.138. The molecule has 2 rings (SSSR count). The number of nitrogens with zero attached hydrogens (tertiary/aromatic N) is 1. The Morgan fingerprint density at radius 2 is 1.67 bits per heavy atom. The molecule has 0 aliphatic carbocycles. The van der Waals surface area contributed by atoms with Crippen LogP contribution >= 0.6 is 0 Å². The highest BCUT2D eigenvalue weighted by Crippen LogP contribution is 2.28. The van der Waals surface area contributed by atoms with E-state index in [1.807, 2.05) is 63.2 Å². The maximum Gasteiger partial charge on any atom is 0.408 e. The Kier molecular flexibility index (Phi) is 10.5. The maximum absolute atomic E-state index is 13.8. The van der Waals surface area contributed by atoms with Crippen LogP contribution in [0.3, 0.4) is 0 Å². The van der Waals surface area contributed by atoms with Crippen molar-refractivity contribution in [3.05, 3.63) is 64.7 Å². The van der Waals surface area contributed by atoms with Crippen LogP contribution in [0.1, 0.15) is 75.3 Å². The molecule has 0 saturated carbocycles. The van der Waals surface area contributed by atoms with Crippen LogP contribution in [0.15, 0.2) is 42.5 Å². The quantitative estimate of drug-likeness (QED) is 0.406. The van der Waals surface area contributed by atoms with Gasteiger partial charge >= 0.3 is 6.09 Å². The van der Waals surface area contributed by atoms with E-state index in [1.54, 1.807) is 25.7 Å². The highest BCUT2D eigenvalue weighted by atomic mass is 16.6. The van der Waals surface area contributed by atoms with Crippen LogP contribution in [0, 0.1) is 20.8 Å². The lowest BCUT2D eigenvalue weighted by atomic mass is 9.96. The average Bonchev–Trinajstić information content (AvgIpc) is 2.79. The zero-order valence-corrected chi connectivity index (χ0v) is 22.7. The minimum Gasteiger partial charge on any atom is -0.444 e. The van der Waals surface area contributed by atoms with E-state index in [9.17, 15) is 14.4 Å². The van der Waals surface area contributed by atoms with Gasteiger partial charge in [0, 0.05) is 12.2 Å². The monoisotopic (exact) mass is 495 g/mol. The highest BCUT2D eigenvalue weighted by molar-refractivity contribution is 5.99. The lowest BCUT2D eigenvalue weighted by Gasteiger charge is -2.33. The van der Waals surface area contributed by atoms with Gasteiger partial charge in [-0.3, -0.25) is 9.59 Å². The summed E-state index contributed by atoms with van der Waals surface area (Å²) in [4.78, 5) is 41.1. The van der Waals surface area contributed by atoms with Crippen molar-refractivity contribution in [3.63, 3.8) is 0 Å². The average molecular weight is 496 g/mol. The number of aryl methyl sites for hydroxylation is 3. The minimum absolute atomic E-state index is 0.264. The van der Waals surface area contributed by atoms with Crippen LogP contribution in [-0.4, -0.2) is 41.5 Å². The van der Waals surface area contributed by atoms with Crippen LogP contribution < -0.4 is 10.6 Å². The van der Waals surface area contributed by atoms with Crippen molar-refractivity contribution >= 4 is 23.6 Å². The fourth-order valence-corrected chi connectivity index (χ4v) is 3.91. The first-order valence-electron chi connectivity index (χ1n) is 12.6. The van der Waals surface area contributed by atoms with Crippen LogP contribution in [0.5, 0.6) is 0 Å². The number of benzene rings is 2. The van der Waals surface area contributed by atoms with Gasteiger partial charge < -0.3 is 20.3 Å². The smallest absolute Gasteiger partial charge is 0.408 e. The molecule has 1 atom stereocenters. The third-order valence-electron chi connectivity index (χ3n) is 5.80. The number of hydrogen-bond donors (Lipinski definition) is 2. The zero-order valence-electron chi connectivity index (χ0n) is 22.7. The summed E-state index contributed by atoms with van der Waals surface area (Å²) in [6.07, 6.45) is 1.97. The van der Waals surface area contributed by atoms with Gasteiger partial charge in [-0.15, -0.1) is 0 Å².